The molecule has 0 aliphatic heterocycles. The van der Waals surface area contributed by atoms with E-state index in [1.54, 1.807) is 26.8 Å². The van der Waals surface area contributed by atoms with Gasteiger partial charge in [0.05, 0.1) is 5.41 Å². The molecule has 0 unspecified atom stereocenters. The molecule has 0 aliphatic carbocycles. The number of carbonyl (C=O) groups excluding carboxylic acids is 2. The van der Waals surface area contributed by atoms with Gasteiger partial charge in [-0.05, 0) is 72.7 Å². The molecule has 0 saturated heterocycles. The third kappa shape index (κ3) is 6.06. The zero-order valence-corrected chi connectivity index (χ0v) is 20.0. The molecule has 1 aromatic rings. The number of carbonyl (C=O) groups is 2. The van der Waals surface area contributed by atoms with Crippen LogP contribution >= 0.6 is 15.9 Å². The van der Waals surface area contributed by atoms with Crippen molar-refractivity contribution in [3.05, 3.63) is 65.7 Å². The molecule has 9 heteroatoms. The Balaban J connectivity index is 3.49. The smallest absolute Gasteiger partial charge is 0.441 e. The van der Waals surface area contributed by atoms with Crippen molar-refractivity contribution in [1.29, 1.82) is 0 Å². The quantitative estimate of drug-likeness (QED) is 0.396. The summed E-state index contributed by atoms with van der Waals surface area (Å²) in [6, 6.07) is 5.82. The number of amides is 1. The van der Waals surface area contributed by atoms with Gasteiger partial charge in [-0.2, -0.15) is 8.42 Å². The number of benzene rings is 1. The summed E-state index contributed by atoms with van der Waals surface area (Å²) in [5.41, 5.74) is -1.94. The van der Waals surface area contributed by atoms with Crippen LogP contribution in [0.3, 0.4) is 0 Å². The van der Waals surface area contributed by atoms with Crippen molar-refractivity contribution in [3.63, 3.8) is 0 Å². The molecule has 0 spiro atoms. The SMILES string of the molecule is C=C/C=C(\C=C)C(C)(C)C(=O)ON(C(=O)OC(C)(C)C)S(=O)(=O)c1ccccc1Br. The van der Waals surface area contributed by atoms with E-state index in [0.717, 1.165) is 0 Å². The molecular formula is C21H26BrNO6S. The van der Waals surface area contributed by atoms with Gasteiger partial charge in [0, 0.05) is 4.47 Å². The van der Waals surface area contributed by atoms with Gasteiger partial charge in [0.2, 0.25) is 0 Å². The molecule has 0 N–H and O–H groups in total. The molecule has 30 heavy (non-hydrogen) atoms. The van der Waals surface area contributed by atoms with Crippen LogP contribution in [0.4, 0.5) is 4.79 Å². The average molecular weight is 500 g/mol. The molecule has 164 valence electrons. The van der Waals surface area contributed by atoms with E-state index >= 15 is 0 Å². The van der Waals surface area contributed by atoms with Crippen LogP contribution in [-0.2, 0) is 24.4 Å². The highest BCUT2D eigenvalue weighted by Crippen LogP contribution is 2.32. The molecule has 0 bridgehead atoms. The van der Waals surface area contributed by atoms with E-state index in [1.165, 1.54) is 50.3 Å². The Hall–Kier alpha value is -2.39. The monoisotopic (exact) mass is 499 g/mol. The molecule has 0 aromatic heterocycles. The highest BCUT2D eigenvalue weighted by molar-refractivity contribution is 9.10. The van der Waals surface area contributed by atoms with Crippen LogP contribution in [0, 0.1) is 5.41 Å². The van der Waals surface area contributed by atoms with Crippen molar-refractivity contribution < 1.29 is 27.6 Å². The minimum Gasteiger partial charge on any atom is -0.441 e. The number of allylic oxidation sites excluding steroid dienone is 3. The number of hydroxylamine groups is 1. The average Bonchev–Trinajstić information content (AvgIpc) is 2.62. The first-order valence-corrected chi connectivity index (χ1v) is 11.1. The molecule has 1 aromatic carbocycles. The molecule has 0 radical (unpaired) electrons. The first-order valence-electron chi connectivity index (χ1n) is 8.89. The van der Waals surface area contributed by atoms with Gasteiger partial charge in [-0.25, -0.2) is 9.59 Å². The number of hydrogen-bond acceptors (Lipinski definition) is 6. The van der Waals surface area contributed by atoms with Crippen LogP contribution in [0.2, 0.25) is 0 Å². The molecular weight excluding hydrogens is 474 g/mol. The molecule has 1 rings (SSSR count). The Bertz CT molecular complexity index is 973. The van der Waals surface area contributed by atoms with Crippen molar-refractivity contribution >= 4 is 38.0 Å². The molecule has 1 amide bonds. The second-order valence-electron chi connectivity index (χ2n) is 7.71. The summed E-state index contributed by atoms with van der Waals surface area (Å²) in [7, 11) is -4.60. The summed E-state index contributed by atoms with van der Waals surface area (Å²) in [5, 5.41) is 0. The van der Waals surface area contributed by atoms with Crippen LogP contribution in [0.1, 0.15) is 34.6 Å². The zero-order valence-electron chi connectivity index (χ0n) is 17.6. The van der Waals surface area contributed by atoms with Crippen LogP contribution in [0.25, 0.3) is 0 Å². The summed E-state index contributed by atoms with van der Waals surface area (Å²) in [5.74, 6) is -1.00. The van der Waals surface area contributed by atoms with E-state index in [1.807, 2.05) is 0 Å². The Labute approximate surface area is 186 Å². The van der Waals surface area contributed by atoms with Gasteiger partial charge >= 0.3 is 22.1 Å². The first-order chi connectivity index (χ1) is 13.7. The van der Waals surface area contributed by atoms with E-state index in [9.17, 15) is 18.0 Å². The summed E-state index contributed by atoms with van der Waals surface area (Å²) >= 11 is 3.14. The van der Waals surface area contributed by atoms with Crippen LogP contribution in [0.5, 0.6) is 0 Å². The van der Waals surface area contributed by atoms with Gasteiger partial charge in [0.1, 0.15) is 10.5 Å². The Kier molecular flexibility index (Phi) is 8.22. The summed E-state index contributed by atoms with van der Waals surface area (Å²) in [6.07, 6.45) is 3.06. The lowest BCUT2D eigenvalue weighted by atomic mass is 9.84. The molecule has 0 fully saturated rings. The minimum atomic E-state index is -4.60. The van der Waals surface area contributed by atoms with Crippen molar-refractivity contribution in [1.82, 2.24) is 4.47 Å². The number of ether oxygens (including phenoxy) is 1. The number of sulfonamides is 1. The third-order valence-corrected chi connectivity index (χ3v) is 6.32. The van der Waals surface area contributed by atoms with E-state index in [-0.39, 0.29) is 13.8 Å². The van der Waals surface area contributed by atoms with Gasteiger partial charge in [0.25, 0.3) is 0 Å². The first kappa shape index (κ1) is 25.6. The maximum atomic E-state index is 13.2. The molecule has 0 atom stereocenters. The van der Waals surface area contributed by atoms with Crippen molar-refractivity contribution in [2.75, 3.05) is 0 Å². The van der Waals surface area contributed by atoms with Crippen molar-refractivity contribution in [3.8, 4) is 0 Å². The number of nitrogens with zero attached hydrogens (tertiary/aromatic N) is 1. The normalized spacial score (nSPS) is 12.7. The van der Waals surface area contributed by atoms with E-state index in [2.05, 4.69) is 29.1 Å². The Morgan fingerprint density at radius 1 is 1.10 bits per heavy atom. The van der Waals surface area contributed by atoms with Crippen LogP contribution in [0.15, 0.2) is 70.6 Å². The van der Waals surface area contributed by atoms with Crippen molar-refractivity contribution in [2.45, 2.75) is 45.1 Å². The van der Waals surface area contributed by atoms with Gasteiger partial charge in [-0.15, -0.1) is 0 Å². The lowest BCUT2D eigenvalue weighted by molar-refractivity contribution is -0.175. The fourth-order valence-electron chi connectivity index (χ4n) is 2.19. The lowest BCUT2D eigenvalue weighted by Crippen LogP contribution is -2.44. The summed E-state index contributed by atoms with van der Waals surface area (Å²) in [6.45, 7) is 14.9. The number of rotatable bonds is 6. The minimum absolute atomic E-state index is 0.0307. The topological polar surface area (TPSA) is 90.0 Å². The molecule has 0 aliphatic rings. The van der Waals surface area contributed by atoms with Crippen LogP contribution < -0.4 is 0 Å². The standard InChI is InChI=1S/C21H26BrNO6S/c1-8-12-15(9-2)21(6,7)18(24)29-23(19(25)28-20(3,4)5)30(26,27)17-14-11-10-13-16(17)22/h8-14H,1-2H2,3-7H3/b15-12+. The van der Waals surface area contributed by atoms with Gasteiger partial charge < -0.3 is 9.57 Å². The second kappa shape index (κ2) is 9.61. The molecule has 7 nitrogen and oxygen atoms in total. The second-order valence-corrected chi connectivity index (χ2v) is 10.3. The zero-order chi connectivity index (χ0) is 23.3. The van der Waals surface area contributed by atoms with E-state index in [0.29, 0.717) is 5.57 Å². The number of halogens is 1. The largest absolute Gasteiger partial charge is 0.459 e. The summed E-state index contributed by atoms with van der Waals surface area (Å²) in [4.78, 5) is 30.5. The highest BCUT2D eigenvalue weighted by atomic mass is 79.9. The highest BCUT2D eigenvalue weighted by Gasteiger charge is 2.42. The number of hydrogen-bond donors (Lipinski definition) is 0. The Morgan fingerprint density at radius 2 is 1.67 bits per heavy atom. The maximum Gasteiger partial charge on any atom is 0.459 e. The van der Waals surface area contributed by atoms with Gasteiger partial charge in [0.15, 0.2) is 0 Å². The van der Waals surface area contributed by atoms with Crippen molar-refractivity contribution in [2.24, 2.45) is 5.41 Å². The van der Waals surface area contributed by atoms with Gasteiger partial charge in [-0.1, -0.05) is 43.5 Å². The van der Waals surface area contributed by atoms with Gasteiger partial charge in [-0.3, -0.25) is 0 Å². The fraction of sp³-hybridized carbons (Fsp3) is 0.333. The third-order valence-electron chi connectivity index (χ3n) is 3.79. The maximum absolute atomic E-state index is 13.2. The summed E-state index contributed by atoms with van der Waals surface area (Å²) < 4.78 is 31.7. The predicted molar refractivity (Wildman–Crippen MR) is 118 cm³/mol. The van der Waals surface area contributed by atoms with E-state index < -0.39 is 33.1 Å². The predicted octanol–water partition coefficient (Wildman–Crippen LogP) is 5.16. The fourth-order valence-corrected chi connectivity index (χ4v) is 4.23. The Morgan fingerprint density at radius 3 is 2.13 bits per heavy atom. The molecule has 0 heterocycles. The lowest BCUT2D eigenvalue weighted by Gasteiger charge is -2.29. The van der Waals surface area contributed by atoms with Crippen LogP contribution in [-0.4, -0.2) is 30.5 Å². The molecule has 0 saturated carbocycles. The van der Waals surface area contributed by atoms with E-state index in [4.69, 9.17) is 9.57 Å².